The van der Waals surface area contributed by atoms with Gasteiger partial charge in [0.2, 0.25) is 10.0 Å². The molecule has 13 heteroatoms. The Bertz CT molecular complexity index is 1210. The number of nitrogens with one attached hydrogen (secondary N) is 1. The molecule has 2 heterocycles. The minimum Gasteiger partial charge on any atom is -0.314 e. The van der Waals surface area contributed by atoms with E-state index in [1.165, 1.54) is 65.9 Å². The molecule has 2 aliphatic rings. The predicted octanol–water partition coefficient (Wildman–Crippen LogP) is 1.38. The molecule has 2 aromatic carbocycles. The lowest BCUT2D eigenvalue weighted by molar-refractivity contribution is 0.111. The number of carbonyl (C=O) groups is 2. The number of aldehydes is 2. The van der Waals surface area contributed by atoms with E-state index in [4.69, 9.17) is 10.7 Å². The Kier molecular flexibility index (Phi) is 12.3. The zero-order valence-corrected chi connectivity index (χ0v) is 23.3. The molecule has 0 unspecified atom stereocenters. The Morgan fingerprint density at radius 3 is 1.43 bits per heavy atom. The van der Waals surface area contributed by atoms with E-state index in [1.54, 1.807) is 0 Å². The second kappa shape index (κ2) is 14.7. The van der Waals surface area contributed by atoms with Crippen LogP contribution in [0.25, 0.3) is 0 Å². The number of benzene rings is 2. The largest absolute Gasteiger partial charge is 0.314 e. The molecule has 204 valence electrons. The smallest absolute Gasteiger partial charge is 0.261 e. The van der Waals surface area contributed by atoms with E-state index >= 15 is 0 Å². The lowest BCUT2D eigenvalue weighted by Gasteiger charge is -2.31. The van der Waals surface area contributed by atoms with Gasteiger partial charge in [-0.3, -0.25) is 9.59 Å². The number of piperazine rings is 2. The molecule has 0 aromatic heterocycles. The first kappa shape index (κ1) is 31.0. The van der Waals surface area contributed by atoms with E-state index in [9.17, 15) is 26.4 Å². The Balaban J connectivity index is 0.000000217. The third-order valence-electron chi connectivity index (χ3n) is 5.75. The van der Waals surface area contributed by atoms with Crippen molar-refractivity contribution in [2.45, 2.75) is 9.79 Å². The highest BCUT2D eigenvalue weighted by atomic mass is 35.7. The number of likely N-dealkylation sites (N-methyl/N-ethyl adjacent to an activating group) is 2. The van der Waals surface area contributed by atoms with Crippen molar-refractivity contribution >= 4 is 42.3 Å². The van der Waals surface area contributed by atoms with Crippen LogP contribution < -0.4 is 5.32 Å². The summed E-state index contributed by atoms with van der Waals surface area (Å²) in [4.78, 5) is 25.4. The normalized spacial score (nSPS) is 17.5. The molecule has 2 aromatic rings. The first-order valence-electron chi connectivity index (χ1n) is 11.6. The third-order valence-corrected chi connectivity index (χ3v) is 9.04. The first-order valence-corrected chi connectivity index (χ1v) is 15.4. The van der Waals surface area contributed by atoms with Crippen LogP contribution in [0, 0.1) is 0 Å². The molecule has 0 bridgehead atoms. The molecule has 0 saturated carbocycles. The van der Waals surface area contributed by atoms with Gasteiger partial charge < -0.3 is 15.1 Å². The van der Waals surface area contributed by atoms with Crippen molar-refractivity contribution < 1.29 is 26.4 Å². The van der Waals surface area contributed by atoms with E-state index in [0.717, 1.165) is 26.2 Å². The Labute approximate surface area is 223 Å². The molecule has 2 fully saturated rings. The van der Waals surface area contributed by atoms with Gasteiger partial charge in [-0.1, -0.05) is 24.3 Å². The van der Waals surface area contributed by atoms with Crippen LogP contribution in [-0.2, 0) is 19.1 Å². The molecule has 0 atom stereocenters. The van der Waals surface area contributed by atoms with Crippen molar-refractivity contribution in [3.8, 4) is 0 Å². The van der Waals surface area contributed by atoms with Crippen molar-refractivity contribution in [3.05, 3.63) is 59.7 Å². The summed E-state index contributed by atoms with van der Waals surface area (Å²) >= 11 is 0. The Morgan fingerprint density at radius 2 is 1.08 bits per heavy atom. The fourth-order valence-electron chi connectivity index (χ4n) is 3.38. The number of hydrogen-bond acceptors (Lipinski definition) is 9. The van der Waals surface area contributed by atoms with Crippen LogP contribution in [-0.4, -0.2) is 110 Å². The zero-order chi connectivity index (χ0) is 27.5. The van der Waals surface area contributed by atoms with Gasteiger partial charge in [0.25, 0.3) is 9.05 Å². The van der Waals surface area contributed by atoms with Gasteiger partial charge in [-0.25, -0.2) is 16.8 Å². The highest BCUT2D eigenvalue weighted by Gasteiger charge is 2.27. The number of hydrogen-bond donors (Lipinski definition) is 1. The second-order valence-electron chi connectivity index (χ2n) is 8.57. The number of carbonyl (C=O) groups excluding carboxylic acids is 2. The van der Waals surface area contributed by atoms with Crippen molar-refractivity contribution in [1.29, 1.82) is 0 Å². The molecule has 2 saturated heterocycles. The van der Waals surface area contributed by atoms with Crippen LogP contribution >= 0.6 is 10.7 Å². The summed E-state index contributed by atoms with van der Waals surface area (Å²) in [6.07, 6.45) is 1.33. The van der Waals surface area contributed by atoms with Crippen molar-refractivity contribution in [2.75, 3.05) is 66.5 Å². The molecule has 10 nitrogen and oxygen atoms in total. The van der Waals surface area contributed by atoms with Crippen molar-refractivity contribution in [3.63, 3.8) is 0 Å². The van der Waals surface area contributed by atoms with Gasteiger partial charge >= 0.3 is 0 Å². The molecule has 2 aliphatic heterocycles. The zero-order valence-electron chi connectivity index (χ0n) is 20.9. The maximum atomic E-state index is 12.3. The van der Waals surface area contributed by atoms with E-state index in [-0.39, 0.29) is 9.79 Å². The molecule has 37 heavy (non-hydrogen) atoms. The van der Waals surface area contributed by atoms with Gasteiger partial charge in [0.05, 0.1) is 9.79 Å². The fraction of sp³-hybridized carbons (Fsp3) is 0.417. The summed E-state index contributed by atoms with van der Waals surface area (Å²) in [5, 5.41) is 3.27. The topological polar surface area (TPSA) is 124 Å². The van der Waals surface area contributed by atoms with Crippen molar-refractivity contribution in [1.82, 2.24) is 19.4 Å². The van der Waals surface area contributed by atoms with Crippen LogP contribution in [0.5, 0.6) is 0 Å². The van der Waals surface area contributed by atoms with E-state index in [0.29, 0.717) is 36.8 Å². The molecule has 0 radical (unpaired) electrons. The second-order valence-corrected chi connectivity index (χ2v) is 13.1. The van der Waals surface area contributed by atoms with Crippen LogP contribution in [0.15, 0.2) is 58.3 Å². The summed E-state index contributed by atoms with van der Waals surface area (Å²) in [5.41, 5.74) is 0.895. The highest BCUT2D eigenvalue weighted by Crippen LogP contribution is 2.17. The number of rotatable bonds is 5. The number of nitrogens with zero attached hydrogens (tertiary/aromatic N) is 3. The third kappa shape index (κ3) is 10.2. The van der Waals surface area contributed by atoms with E-state index in [2.05, 4.69) is 22.2 Å². The average molecular weight is 573 g/mol. The summed E-state index contributed by atoms with van der Waals surface area (Å²) in [6, 6.07) is 11.4. The number of sulfonamides is 1. The van der Waals surface area contributed by atoms with E-state index in [1.807, 2.05) is 7.05 Å². The van der Waals surface area contributed by atoms with Crippen LogP contribution in [0.4, 0.5) is 0 Å². The lowest BCUT2D eigenvalue weighted by Crippen LogP contribution is -2.46. The standard InChI is InChI=1S/C12H16N2O3S.C7H5ClO3S.C5H12N2/c1-13-6-8-14(9-7-13)18(16,17)12-4-2-11(10-15)3-5-12;8-12(10,11)7-3-1-6(5-9)2-4-7;1-7-4-2-6-3-5-7/h2-5,10H,6-9H2,1H3;1-5H;6H,2-5H2,1H3. The van der Waals surface area contributed by atoms with Crippen molar-refractivity contribution in [2.24, 2.45) is 0 Å². The molecular weight excluding hydrogens is 540 g/mol. The molecule has 0 spiro atoms. The maximum absolute atomic E-state index is 12.3. The van der Waals surface area contributed by atoms with Crippen LogP contribution in [0.2, 0.25) is 0 Å². The van der Waals surface area contributed by atoms with Gasteiger partial charge in [-0.15, -0.1) is 0 Å². The quantitative estimate of drug-likeness (QED) is 0.418. The maximum Gasteiger partial charge on any atom is 0.261 e. The molecule has 1 N–H and O–H groups in total. The average Bonchev–Trinajstić information content (AvgIpc) is 2.90. The van der Waals surface area contributed by atoms with Gasteiger partial charge in [0.15, 0.2) is 0 Å². The number of halogens is 1. The van der Waals surface area contributed by atoms with Crippen LogP contribution in [0.3, 0.4) is 0 Å². The van der Waals surface area contributed by atoms with E-state index < -0.39 is 19.1 Å². The lowest BCUT2D eigenvalue weighted by atomic mass is 10.2. The summed E-state index contributed by atoms with van der Waals surface area (Å²) in [5.74, 6) is 0. The van der Waals surface area contributed by atoms with Gasteiger partial charge in [-0.2, -0.15) is 4.31 Å². The summed E-state index contributed by atoms with van der Waals surface area (Å²) in [6.45, 7) is 7.24. The first-order chi connectivity index (χ1) is 17.5. The molecular formula is C24H33ClN4O6S2. The Hall–Kier alpha value is -2.19. The Morgan fingerprint density at radius 1 is 0.676 bits per heavy atom. The fourth-order valence-corrected chi connectivity index (χ4v) is 5.57. The van der Waals surface area contributed by atoms with Gasteiger partial charge in [-0.05, 0) is 38.4 Å². The monoisotopic (exact) mass is 572 g/mol. The van der Waals surface area contributed by atoms with Crippen LogP contribution in [0.1, 0.15) is 20.7 Å². The van der Waals surface area contributed by atoms with Gasteiger partial charge in [0, 0.05) is 74.2 Å². The molecule has 0 aliphatic carbocycles. The molecule has 4 rings (SSSR count). The summed E-state index contributed by atoms with van der Waals surface area (Å²) in [7, 11) is 2.08. The minimum absolute atomic E-state index is 0.00485. The summed E-state index contributed by atoms with van der Waals surface area (Å²) < 4.78 is 47.5. The minimum atomic E-state index is -3.67. The molecule has 0 amide bonds. The predicted molar refractivity (Wildman–Crippen MR) is 143 cm³/mol. The van der Waals surface area contributed by atoms with Gasteiger partial charge in [0.1, 0.15) is 12.6 Å². The SMILES string of the molecule is CN1CCN(S(=O)(=O)c2ccc(C=O)cc2)CC1.CN1CCNCC1.O=Cc1ccc(S(=O)(=O)Cl)cc1. The highest BCUT2D eigenvalue weighted by molar-refractivity contribution is 8.13.